The van der Waals surface area contributed by atoms with Crippen LogP contribution in [0.25, 0.3) is 0 Å². The summed E-state index contributed by atoms with van der Waals surface area (Å²) < 4.78 is 0. The molecule has 0 saturated heterocycles. The van der Waals surface area contributed by atoms with Crippen LogP contribution in [0.3, 0.4) is 0 Å². The van der Waals surface area contributed by atoms with Gasteiger partial charge in [-0.15, -0.1) is 0 Å². The molecule has 2 atom stereocenters. The van der Waals surface area contributed by atoms with Crippen molar-refractivity contribution in [2.75, 3.05) is 0 Å². The first-order valence-electron chi connectivity index (χ1n) is 4.33. The van der Waals surface area contributed by atoms with Gasteiger partial charge in [0.1, 0.15) is 11.8 Å². The first kappa shape index (κ1) is 10.7. The Balaban J connectivity index is 2.59. The van der Waals surface area contributed by atoms with Crippen molar-refractivity contribution in [3.63, 3.8) is 0 Å². The molecule has 1 rings (SSSR count). The molecule has 0 aromatic heterocycles. The van der Waals surface area contributed by atoms with Gasteiger partial charge in [0.05, 0.1) is 6.04 Å². The standard InChI is InChI=1S/C9H14N2O3/c10-6-3-5(1-2-8(6)12)4-7(11)9(13)14/h1-2,6-7,12H,3-4,10-11H2,(H,13,14)/t6?,7-/m0/s1. The number of aliphatic hydroxyl groups is 1. The van der Waals surface area contributed by atoms with Gasteiger partial charge in [0, 0.05) is 0 Å². The van der Waals surface area contributed by atoms with Crippen LogP contribution in [0.4, 0.5) is 0 Å². The lowest BCUT2D eigenvalue weighted by Gasteiger charge is -2.18. The minimum absolute atomic E-state index is 0.123. The van der Waals surface area contributed by atoms with Crippen LogP contribution in [0.1, 0.15) is 12.8 Å². The summed E-state index contributed by atoms with van der Waals surface area (Å²) in [6.45, 7) is 0. The van der Waals surface area contributed by atoms with E-state index in [1.807, 2.05) is 0 Å². The number of hydrogen-bond acceptors (Lipinski definition) is 4. The molecule has 0 bridgehead atoms. The third kappa shape index (κ3) is 2.58. The Hall–Kier alpha value is -1.33. The van der Waals surface area contributed by atoms with Gasteiger partial charge >= 0.3 is 5.97 Å². The average Bonchev–Trinajstić information content (AvgIpc) is 2.11. The van der Waals surface area contributed by atoms with Crippen LogP contribution in [0.5, 0.6) is 0 Å². The summed E-state index contributed by atoms with van der Waals surface area (Å²) in [6.07, 6.45) is 3.88. The van der Waals surface area contributed by atoms with Crippen LogP contribution in [0.15, 0.2) is 23.5 Å². The second kappa shape index (κ2) is 4.26. The van der Waals surface area contributed by atoms with Crippen molar-refractivity contribution in [2.24, 2.45) is 11.5 Å². The lowest BCUT2D eigenvalue weighted by molar-refractivity contribution is -0.138. The average molecular weight is 198 g/mol. The molecule has 14 heavy (non-hydrogen) atoms. The fourth-order valence-electron chi connectivity index (χ4n) is 1.30. The lowest BCUT2D eigenvalue weighted by atomic mass is 9.94. The molecule has 1 aliphatic carbocycles. The van der Waals surface area contributed by atoms with Gasteiger partial charge in [-0.05, 0) is 18.9 Å². The summed E-state index contributed by atoms with van der Waals surface area (Å²) >= 11 is 0. The van der Waals surface area contributed by atoms with Crippen molar-refractivity contribution < 1.29 is 15.0 Å². The predicted octanol–water partition coefficient (Wildman–Crippen LogP) is -0.112. The van der Waals surface area contributed by atoms with Gasteiger partial charge in [0.15, 0.2) is 0 Å². The van der Waals surface area contributed by atoms with E-state index in [4.69, 9.17) is 16.6 Å². The number of nitrogens with two attached hydrogens (primary N) is 2. The first-order valence-corrected chi connectivity index (χ1v) is 4.33. The SMILES string of the molecule is NC1CC(C[C@H](N)C(=O)O)=CC=C1O. The monoisotopic (exact) mass is 198 g/mol. The Bertz CT molecular complexity index is 296. The van der Waals surface area contributed by atoms with E-state index in [0.29, 0.717) is 6.42 Å². The van der Waals surface area contributed by atoms with Crippen LogP contribution >= 0.6 is 0 Å². The number of aliphatic carboxylic acids is 1. The van der Waals surface area contributed by atoms with Gasteiger partial charge in [-0.25, -0.2) is 0 Å². The highest BCUT2D eigenvalue weighted by molar-refractivity contribution is 5.73. The summed E-state index contributed by atoms with van der Waals surface area (Å²) in [5.41, 5.74) is 11.8. The molecule has 78 valence electrons. The zero-order chi connectivity index (χ0) is 10.7. The second-order valence-corrected chi connectivity index (χ2v) is 3.38. The Labute approximate surface area is 81.7 Å². The smallest absolute Gasteiger partial charge is 0.320 e. The molecule has 0 aromatic rings. The number of carboxylic acid groups (broad SMARTS) is 1. The summed E-state index contributed by atoms with van der Waals surface area (Å²) in [5.74, 6) is -0.907. The summed E-state index contributed by atoms with van der Waals surface area (Å²) in [5, 5.41) is 17.8. The van der Waals surface area contributed by atoms with E-state index in [-0.39, 0.29) is 12.2 Å². The normalized spacial score (nSPS) is 23.7. The molecule has 0 fully saturated rings. The molecule has 1 aliphatic rings. The van der Waals surface area contributed by atoms with Crippen LogP contribution in [-0.4, -0.2) is 28.3 Å². The molecule has 0 aliphatic heterocycles. The molecule has 5 heteroatoms. The van der Waals surface area contributed by atoms with E-state index < -0.39 is 18.1 Å². The first-order chi connectivity index (χ1) is 6.50. The van der Waals surface area contributed by atoms with Crippen molar-refractivity contribution in [3.05, 3.63) is 23.5 Å². The third-order valence-electron chi connectivity index (χ3n) is 2.15. The second-order valence-electron chi connectivity index (χ2n) is 3.38. The number of carbonyl (C=O) groups is 1. The quantitative estimate of drug-likeness (QED) is 0.505. The van der Waals surface area contributed by atoms with E-state index in [1.165, 1.54) is 6.08 Å². The predicted molar refractivity (Wildman–Crippen MR) is 51.6 cm³/mol. The molecule has 0 saturated carbocycles. The molecule has 1 unspecified atom stereocenters. The lowest BCUT2D eigenvalue weighted by Crippen LogP contribution is -2.32. The molecule has 5 nitrogen and oxygen atoms in total. The van der Waals surface area contributed by atoms with Gasteiger partial charge in [-0.1, -0.05) is 11.6 Å². The zero-order valence-electron chi connectivity index (χ0n) is 7.68. The van der Waals surface area contributed by atoms with Crippen molar-refractivity contribution in [2.45, 2.75) is 24.9 Å². The van der Waals surface area contributed by atoms with Crippen molar-refractivity contribution in [1.29, 1.82) is 0 Å². The Morgan fingerprint density at radius 2 is 2.29 bits per heavy atom. The largest absolute Gasteiger partial charge is 0.511 e. The van der Waals surface area contributed by atoms with Crippen LogP contribution < -0.4 is 11.5 Å². The van der Waals surface area contributed by atoms with Crippen molar-refractivity contribution in [1.82, 2.24) is 0 Å². The molecule has 0 radical (unpaired) electrons. The molecule has 0 spiro atoms. The number of hydrogen-bond donors (Lipinski definition) is 4. The highest BCUT2D eigenvalue weighted by Crippen LogP contribution is 2.19. The van der Waals surface area contributed by atoms with Gasteiger partial charge in [-0.3, -0.25) is 4.79 Å². The van der Waals surface area contributed by atoms with E-state index in [2.05, 4.69) is 0 Å². The molecule has 0 aromatic carbocycles. The number of carboxylic acids is 1. The van der Waals surface area contributed by atoms with E-state index >= 15 is 0 Å². The number of allylic oxidation sites excluding steroid dienone is 2. The summed E-state index contributed by atoms with van der Waals surface area (Å²) in [6, 6.07) is -1.34. The maximum atomic E-state index is 10.5. The van der Waals surface area contributed by atoms with E-state index in [9.17, 15) is 9.90 Å². The maximum Gasteiger partial charge on any atom is 0.320 e. The van der Waals surface area contributed by atoms with Crippen LogP contribution in [0, 0.1) is 0 Å². The molecule has 0 heterocycles. The minimum Gasteiger partial charge on any atom is -0.511 e. The molecular formula is C9H14N2O3. The van der Waals surface area contributed by atoms with Gasteiger partial charge in [-0.2, -0.15) is 0 Å². The number of aliphatic hydroxyl groups excluding tert-OH is 1. The molecule has 6 N–H and O–H groups in total. The van der Waals surface area contributed by atoms with E-state index in [1.54, 1.807) is 6.08 Å². The van der Waals surface area contributed by atoms with Crippen LogP contribution in [0.2, 0.25) is 0 Å². The zero-order valence-corrected chi connectivity index (χ0v) is 7.68. The summed E-state index contributed by atoms with van der Waals surface area (Å²) in [7, 11) is 0. The Kier molecular flexibility index (Phi) is 3.27. The minimum atomic E-state index is -1.03. The fraction of sp³-hybridized carbons (Fsp3) is 0.444. The molecule has 0 amide bonds. The van der Waals surface area contributed by atoms with Crippen molar-refractivity contribution >= 4 is 5.97 Å². The van der Waals surface area contributed by atoms with Gasteiger partial charge in [0.25, 0.3) is 0 Å². The topological polar surface area (TPSA) is 110 Å². The maximum absolute atomic E-state index is 10.5. The Morgan fingerprint density at radius 3 is 2.79 bits per heavy atom. The third-order valence-corrected chi connectivity index (χ3v) is 2.15. The number of rotatable bonds is 3. The highest BCUT2D eigenvalue weighted by Gasteiger charge is 2.19. The van der Waals surface area contributed by atoms with Crippen LogP contribution in [-0.2, 0) is 4.79 Å². The highest BCUT2D eigenvalue weighted by atomic mass is 16.4. The molecular weight excluding hydrogens is 184 g/mol. The van der Waals surface area contributed by atoms with Crippen molar-refractivity contribution in [3.8, 4) is 0 Å². The summed E-state index contributed by atoms with van der Waals surface area (Å²) in [4.78, 5) is 10.5. The van der Waals surface area contributed by atoms with Gasteiger partial charge in [0.2, 0.25) is 0 Å². The van der Waals surface area contributed by atoms with Gasteiger partial charge < -0.3 is 21.7 Å². The Morgan fingerprint density at radius 1 is 1.64 bits per heavy atom. The van der Waals surface area contributed by atoms with E-state index in [0.717, 1.165) is 5.57 Å². The fourth-order valence-corrected chi connectivity index (χ4v) is 1.30.